The third-order valence-corrected chi connectivity index (χ3v) is 2.39. The molecule has 5 nitrogen and oxygen atoms in total. The zero-order valence-electron chi connectivity index (χ0n) is 9.82. The first-order chi connectivity index (χ1) is 9.38. The lowest BCUT2D eigenvalue weighted by Gasteiger charge is -2.09. The Hall–Kier alpha value is -2.77. The minimum absolute atomic E-state index is 0.115. The number of nitrogens with one attached hydrogen (secondary N) is 1. The predicted molar refractivity (Wildman–Crippen MR) is 65.2 cm³/mol. The number of hydrogen-bond donors (Lipinski definition) is 3. The van der Waals surface area contributed by atoms with Crippen LogP contribution < -0.4 is 11.1 Å². The highest BCUT2D eigenvalue weighted by Crippen LogP contribution is 2.23. The zero-order chi connectivity index (χ0) is 14.9. The molecular formula is C12H8F3N3O2. The van der Waals surface area contributed by atoms with Crippen LogP contribution in [0, 0.1) is 17.5 Å². The molecule has 0 unspecified atom stereocenters. The van der Waals surface area contributed by atoms with Crippen molar-refractivity contribution >= 4 is 23.2 Å². The fourth-order valence-corrected chi connectivity index (χ4v) is 1.51. The number of carbonyl (C=O) groups is 1. The fourth-order valence-electron chi connectivity index (χ4n) is 1.51. The third-order valence-electron chi connectivity index (χ3n) is 2.39. The van der Waals surface area contributed by atoms with Crippen molar-refractivity contribution < 1.29 is 23.1 Å². The van der Waals surface area contributed by atoms with Crippen molar-refractivity contribution in [2.24, 2.45) is 0 Å². The Morgan fingerprint density at radius 1 is 1.20 bits per heavy atom. The summed E-state index contributed by atoms with van der Waals surface area (Å²) < 4.78 is 38.9. The molecule has 0 fully saturated rings. The summed E-state index contributed by atoms with van der Waals surface area (Å²) in [4.78, 5) is 14.7. The predicted octanol–water partition coefficient (Wildman–Crippen LogP) is 2.52. The van der Waals surface area contributed by atoms with Gasteiger partial charge in [0.05, 0.1) is 11.9 Å². The Morgan fingerprint density at radius 2 is 1.80 bits per heavy atom. The highest BCUT2D eigenvalue weighted by Gasteiger charge is 2.15. The number of nitrogen functional groups attached to an aromatic ring is 1. The van der Waals surface area contributed by atoms with Crippen molar-refractivity contribution in [3.63, 3.8) is 0 Å². The van der Waals surface area contributed by atoms with E-state index in [0.717, 1.165) is 6.07 Å². The first-order valence-corrected chi connectivity index (χ1v) is 5.29. The van der Waals surface area contributed by atoms with Crippen molar-refractivity contribution in [1.29, 1.82) is 0 Å². The number of carboxylic acid groups (broad SMARTS) is 1. The van der Waals surface area contributed by atoms with Gasteiger partial charge in [-0.05, 0) is 6.07 Å². The first kappa shape index (κ1) is 13.7. The normalized spacial score (nSPS) is 10.3. The monoisotopic (exact) mass is 283 g/mol. The standard InChI is InChI=1S/C12H8F3N3O2/c13-8-2-6(3-9(14)10(8)15)18-11-7(12(19)20)1-5(16)4-17-11/h1-4H,16H2,(H,17,18)(H,19,20). The molecule has 4 N–H and O–H groups in total. The molecule has 0 bridgehead atoms. The summed E-state index contributed by atoms with van der Waals surface area (Å²) in [5, 5.41) is 11.4. The summed E-state index contributed by atoms with van der Waals surface area (Å²) >= 11 is 0. The number of hydrogen-bond acceptors (Lipinski definition) is 4. The average molecular weight is 283 g/mol. The molecule has 0 spiro atoms. The molecule has 0 aliphatic heterocycles. The summed E-state index contributed by atoms with van der Waals surface area (Å²) in [5.74, 6) is -5.91. The number of carboxylic acids is 1. The second-order valence-electron chi connectivity index (χ2n) is 3.85. The van der Waals surface area contributed by atoms with Crippen LogP contribution in [0.4, 0.5) is 30.4 Å². The van der Waals surface area contributed by atoms with Crippen molar-refractivity contribution in [3.8, 4) is 0 Å². The van der Waals surface area contributed by atoms with E-state index in [1.165, 1.54) is 6.20 Å². The molecule has 1 heterocycles. The highest BCUT2D eigenvalue weighted by atomic mass is 19.2. The molecule has 0 atom stereocenters. The van der Waals surface area contributed by atoms with E-state index in [0.29, 0.717) is 12.1 Å². The van der Waals surface area contributed by atoms with E-state index >= 15 is 0 Å². The minimum atomic E-state index is -1.61. The van der Waals surface area contributed by atoms with Gasteiger partial charge in [0.15, 0.2) is 17.5 Å². The number of halogens is 3. The van der Waals surface area contributed by atoms with E-state index in [1.807, 2.05) is 0 Å². The van der Waals surface area contributed by atoms with Crippen LogP contribution in [0.3, 0.4) is 0 Å². The lowest BCUT2D eigenvalue weighted by Crippen LogP contribution is -2.06. The summed E-state index contributed by atoms with van der Waals surface area (Å²) in [5.41, 5.74) is 5.06. The number of nitrogens with zero attached hydrogens (tertiary/aromatic N) is 1. The largest absolute Gasteiger partial charge is 0.478 e. The number of rotatable bonds is 3. The van der Waals surface area contributed by atoms with Gasteiger partial charge in [0.25, 0.3) is 0 Å². The molecule has 0 amide bonds. The van der Waals surface area contributed by atoms with Gasteiger partial charge in [-0.3, -0.25) is 0 Å². The molecule has 1 aromatic carbocycles. The van der Waals surface area contributed by atoms with E-state index in [9.17, 15) is 18.0 Å². The van der Waals surface area contributed by atoms with Gasteiger partial charge >= 0.3 is 5.97 Å². The Morgan fingerprint density at radius 3 is 2.35 bits per heavy atom. The highest BCUT2D eigenvalue weighted by molar-refractivity contribution is 5.94. The SMILES string of the molecule is Nc1cnc(Nc2cc(F)c(F)c(F)c2)c(C(=O)O)c1. The number of pyridine rings is 1. The molecule has 0 aliphatic rings. The number of anilines is 3. The summed E-state index contributed by atoms with van der Waals surface area (Å²) in [6.07, 6.45) is 1.17. The summed E-state index contributed by atoms with van der Waals surface area (Å²) in [6.45, 7) is 0. The molecule has 1 aromatic heterocycles. The molecule has 0 radical (unpaired) electrons. The van der Waals surface area contributed by atoms with Crippen LogP contribution in [-0.2, 0) is 0 Å². The van der Waals surface area contributed by atoms with Crippen molar-refractivity contribution in [2.75, 3.05) is 11.1 Å². The van der Waals surface area contributed by atoms with Crippen molar-refractivity contribution in [3.05, 3.63) is 47.4 Å². The zero-order valence-corrected chi connectivity index (χ0v) is 9.82. The summed E-state index contributed by atoms with van der Waals surface area (Å²) in [6, 6.07) is 2.50. The molecule has 20 heavy (non-hydrogen) atoms. The van der Waals surface area contributed by atoms with E-state index < -0.39 is 23.4 Å². The van der Waals surface area contributed by atoms with Crippen molar-refractivity contribution in [1.82, 2.24) is 4.98 Å². The van der Waals surface area contributed by atoms with Gasteiger partial charge in [-0.25, -0.2) is 22.9 Å². The van der Waals surface area contributed by atoms with E-state index in [4.69, 9.17) is 10.8 Å². The van der Waals surface area contributed by atoms with Crippen LogP contribution in [0.5, 0.6) is 0 Å². The van der Waals surface area contributed by atoms with E-state index in [-0.39, 0.29) is 22.8 Å². The van der Waals surface area contributed by atoms with Gasteiger partial charge in [-0.2, -0.15) is 0 Å². The van der Waals surface area contributed by atoms with Gasteiger partial charge in [-0.15, -0.1) is 0 Å². The van der Waals surface area contributed by atoms with Crippen LogP contribution in [-0.4, -0.2) is 16.1 Å². The van der Waals surface area contributed by atoms with Gasteiger partial charge < -0.3 is 16.2 Å². The fraction of sp³-hybridized carbons (Fsp3) is 0. The van der Waals surface area contributed by atoms with Crippen LogP contribution in [0.1, 0.15) is 10.4 Å². The van der Waals surface area contributed by atoms with Crippen LogP contribution >= 0.6 is 0 Å². The quantitative estimate of drug-likeness (QED) is 0.753. The lowest BCUT2D eigenvalue weighted by atomic mass is 10.2. The number of aromatic carboxylic acids is 1. The maximum absolute atomic E-state index is 13.1. The van der Waals surface area contributed by atoms with Gasteiger partial charge in [0.2, 0.25) is 0 Å². The molecular weight excluding hydrogens is 275 g/mol. The first-order valence-electron chi connectivity index (χ1n) is 5.29. The van der Waals surface area contributed by atoms with Crippen molar-refractivity contribution in [2.45, 2.75) is 0 Å². The molecule has 2 aromatic rings. The lowest BCUT2D eigenvalue weighted by molar-refractivity contribution is 0.0697. The third kappa shape index (κ3) is 2.63. The van der Waals surface area contributed by atoms with Crippen LogP contribution in [0.2, 0.25) is 0 Å². The second-order valence-corrected chi connectivity index (χ2v) is 3.85. The second kappa shape index (κ2) is 5.08. The number of nitrogens with two attached hydrogens (primary N) is 1. The Kier molecular flexibility index (Phi) is 3.47. The van der Waals surface area contributed by atoms with Crippen LogP contribution in [0.15, 0.2) is 24.4 Å². The maximum Gasteiger partial charge on any atom is 0.339 e. The number of benzene rings is 1. The smallest absolute Gasteiger partial charge is 0.339 e. The number of aromatic nitrogens is 1. The average Bonchev–Trinajstić information content (AvgIpc) is 2.37. The molecule has 2 rings (SSSR count). The molecule has 0 saturated heterocycles. The molecule has 0 aliphatic carbocycles. The van der Waals surface area contributed by atoms with E-state index in [2.05, 4.69) is 10.3 Å². The molecule has 104 valence electrons. The maximum atomic E-state index is 13.1. The topological polar surface area (TPSA) is 88.2 Å². The minimum Gasteiger partial charge on any atom is -0.478 e. The summed E-state index contributed by atoms with van der Waals surface area (Å²) in [7, 11) is 0. The van der Waals surface area contributed by atoms with Gasteiger partial charge in [0.1, 0.15) is 11.4 Å². The molecule has 0 saturated carbocycles. The van der Waals surface area contributed by atoms with E-state index in [1.54, 1.807) is 0 Å². The Labute approximate surface area is 110 Å². The van der Waals surface area contributed by atoms with Gasteiger partial charge in [-0.1, -0.05) is 0 Å². The Balaban J connectivity index is 2.42. The Bertz CT molecular complexity index is 669. The van der Waals surface area contributed by atoms with Gasteiger partial charge in [0, 0.05) is 17.8 Å². The van der Waals surface area contributed by atoms with Crippen LogP contribution in [0.25, 0.3) is 0 Å². The molecule has 8 heteroatoms.